The fourth-order valence-electron chi connectivity index (χ4n) is 2.76. The van der Waals surface area contributed by atoms with Crippen molar-refractivity contribution in [1.29, 1.82) is 0 Å². The molecular formula is C16H21NO2. The van der Waals surface area contributed by atoms with E-state index >= 15 is 0 Å². The molecule has 0 amide bonds. The molecule has 0 atom stereocenters. The van der Waals surface area contributed by atoms with Crippen molar-refractivity contribution in [2.45, 2.75) is 25.8 Å². The van der Waals surface area contributed by atoms with E-state index in [1.165, 1.54) is 5.56 Å². The molecule has 3 heteroatoms. The molecule has 1 saturated heterocycles. The number of likely N-dealkylation sites (tertiary alicyclic amines) is 1. The number of aliphatic carboxylic acids is 1. The Kier molecular flexibility index (Phi) is 4.38. The maximum absolute atomic E-state index is 11.5. The highest BCUT2D eigenvalue weighted by Gasteiger charge is 2.40. The second-order valence-corrected chi connectivity index (χ2v) is 5.34. The fraction of sp³-hybridized carbons (Fsp3) is 0.438. The van der Waals surface area contributed by atoms with E-state index in [1.54, 1.807) is 6.08 Å². The maximum atomic E-state index is 11.5. The average molecular weight is 259 g/mol. The molecule has 19 heavy (non-hydrogen) atoms. The molecule has 1 aromatic rings. The number of hydrogen-bond acceptors (Lipinski definition) is 2. The van der Waals surface area contributed by atoms with Crippen LogP contribution in [0.2, 0.25) is 0 Å². The van der Waals surface area contributed by atoms with Gasteiger partial charge in [-0.15, -0.1) is 6.58 Å². The third kappa shape index (κ3) is 3.24. The molecule has 0 unspecified atom stereocenters. The first-order chi connectivity index (χ1) is 9.16. The Balaban J connectivity index is 1.94. The second-order valence-electron chi connectivity index (χ2n) is 5.34. The van der Waals surface area contributed by atoms with Crippen molar-refractivity contribution in [1.82, 2.24) is 4.90 Å². The van der Waals surface area contributed by atoms with Gasteiger partial charge in [-0.1, -0.05) is 36.4 Å². The monoisotopic (exact) mass is 259 g/mol. The van der Waals surface area contributed by atoms with Crippen LogP contribution in [-0.4, -0.2) is 29.1 Å². The van der Waals surface area contributed by atoms with E-state index < -0.39 is 11.4 Å². The standard InChI is InChI=1S/C16H21NO2/c1-2-8-16(15(18)19)9-11-17(12-10-16)13-14-6-4-3-5-7-14/h2-7H,1,8-13H2,(H,18,19). The molecule has 0 aliphatic carbocycles. The number of carboxylic acids is 1. The van der Waals surface area contributed by atoms with Crippen molar-refractivity contribution in [2.75, 3.05) is 13.1 Å². The van der Waals surface area contributed by atoms with Gasteiger partial charge in [-0.3, -0.25) is 9.69 Å². The lowest BCUT2D eigenvalue weighted by molar-refractivity contribution is -0.152. The number of carbonyl (C=O) groups is 1. The third-order valence-corrected chi connectivity index (χ3v) is 4.05. The van der Waals surface area contributed by atoms with E-state index in [0.717, 1.165) is 19.6 Å². The molecule has 1 aliphatic rings. The number of carboxylic acid groups (broad SMARTS) is 1. The Bertz CT molecular complexity index is 433. The lowest BCUT2D eigenvalue weighted by Gasteiger charge is -2.38. The molecule has 1 heterocycles. The second kappa shape index (κ2) is 6.02. The molecule has 1 aliphatic heterocycles. The minimum atomic E-state index is -0.674. The molecule has 0 saturated carbocycles. The van der Waals surface area contributed by atoms with E-state index in [0.29, 0.717) is 19.3 Å². The van der Waals surface area contributed by atoms with Gasteiger partial charge in [0.25, 0.3) is 0 Å². The van der Waals surface area contributed by atoms with E-state index in [-0.39, 0.29) is 0 Å². The molecule has 3 nitrogen and oxygen atoms in total. The van der Waals surface area contributed by atoms with Crippen LogP contribution in [0.5, 0.6) is 0 Å². The predicted octanol–water partition coefficient (Wildman–Crippen LogP) is 2.93. The number of nitrogens with zero attached hydrogens (tertiary/aromatic N) is 1. The Morgan fingerprint density at radius 2 is 1.95 bits per heavy atom. The minimum absolute atomic E-state index is 0.571. The normalized spacial score (nSPS) is 18.9. The zero-order chi connectivity index (χ0) is 13.7. The summed E-state index contributed by atoms with van der Waals surface area (Å²) in [5.74, 6) is -0.674. The van der Waals surface area contributed by atoms with Crippen LogP contribution in [0, 0.1) is 5.41 Å². The summed E-state index contributed by atoms with van der Waals surface area (Å²) in [6.07, 6.45) is 3.73. The average Bonchev–Trinajstić information content (AvgIpc) is 2.42. The highest BCUT2D eigenvalue weighted by Crippen LogP contribution is 2.36. The van der Waals surface area contributed by atoms with Gasteiger partial charge in [-0.05, 0) is 37.9 Å². The molecule has 1 N–H and O–H groups in total. The topological polar surface area (TPSA) is 40.5 Å². The van der Waals surface area contributed by atoms with E-state index in [2.05, 4.69) is 23.6 Å². The molecule has 0 bridgehead atoms. The first-order valence-corrected chi connectivity index (χ1v) is 6.77. The van der Waals surface area contributed by atoms with Gasteiger partial charge in [0.05, 0.1) is 5.41 Å². The number of hydrogen-bond donors (Lipinski definition) is 1. The predicted molar refractivity (Wildman–Crippen MR) is 75.8 cm³/mol. The third-order valence-electron chi connectivity index (χ3n) is 4.05. The molecule has 2 rings (SSSR count). The summed E-state index contributed by atoms with van der Waals surface area (Å²) in [6, 6.07) is 10.3. The van der Waals surface area contributed by atoms with Crippen molar-refractivity contribution in [2.24, 2.45) is 5.41 Å². The van der Waals surface area contributed by atoms with Crippen molar-refractivity contribution in [3.05, 3.63) is 48.6 Å². The zero-order valence-corrected chi connectivity index (χ0v) is 11.2. The largest absolute Gasteiger partial charge is 0.481 e. The van der Waals surface area contributed by atoms with Gasteiger partial charge in [-0.2, -0.15) is 0 Å². The Morgan fingerprint density at radius 3 is 2.47 bits per heavy atom. The van der Waals surface area contributed by atoms with Gasteiger partial charge in [0, 0.05) is 6.54 Å². The van der Waals surface area contributed by atoms with Crippen LogP contribution in [0.15, 0.2) is 43.0 Å². The van der Waals surface area contributed by atoms with Crippen LogP contribution in [0.1, 0.15) is 24.8 Å². The zero-order valence-electron chi connectivity index (χ0n) is 11.2. The van der Waals surface area contributed by atoms with Crippen LogP contribution in [0.3, 0.4) is 0 Å². The van der Waals surface area contributed by atoms with Gasteiger partial charge >= 0.3 is 5.97 Å². The van der Waals surface area contributed by atoms with Crippen molar-refractivity contribution in [3.63, 3.8) is 0 Å². The van der Waals surface area contributed by atoms with Crippen molar-refractivity contribution >= 4 is 5.97 Å². The summed E-state index contributed by atoms with van der Waals surface area (Å²) < 4.78 is 0. The van der Waals surface area contributed by atoms with Gasteiger partial charge in [-0.25, -0.2) is 0 Å². The van der Waals surface area contributed by atoms with Crippen molar-refractivity contribution in [3.8, 4) is 0 Å². The summed E-state index contributed by atoms with van der Waals surface area (Å²) >= 11 is 0. The molecular weight excluding hydrogens is 238 g/mol. The molecule has 0 spiro atoms. The highest BCUT2D eigenvalue weighted by atomic mass is 16.4. The maximum Gasteiger partial charge on any atom is 0.310 e. The van der Waals surface area contributed by atoms with E-state index in [1.807, 2.05) is 18.2 Å². The van der Waals surface area contributed by atoms with Gasteiger partial charge in [0.2, 0.25) is 0 Å². The smallest absolute Gasteiger partial charge is 0.310 e. The summed E-state index contributed by atoms with van der Waals surface area (Å²) in [5.41, 5.74) is 0.698. The first kappa shape index (κ1) is 13.8. The Labute approximate surface area is 114 Å². The van der Waals surface area contributed by atoms with Crippen LogP contribution >= 0.6 is 0 Å². The Hall–Kier alpha value is -1.61. The summed E-state index contributed by atoms with van der Waals surface area (Å²) in [5, 5.41) is 9.43. The highest BCUT2D eigenvalue weighted by molar-refractivity contribution is 5.75. The van der Waals surface area contributed by atoms with Crippen LogP contribution in [0.4, 0.5) is 0 Å². The first-order valence-electron chi connectivity index (χ1n) is 6.77. The molecule has 1 aromatic carbocycles. The van der Waals surface area contributed by atoms with Crippen LogP contribution in [-0.2, 0) is 11.3 Å². The number of piperidine rings is 1. The molecule has 0 aromatic heterocycles. The fourth-order valence-corrected chi connectivity index (χ4v) is 2.76. The number of benzene rings is 1. The SMILES string of the molecule is C=CCC1(C(=O)O)CCN(Cc2ccccc2)CC1. The van der Waals surface area contributed by atoms with Crippen LogP contribution < -0.4 is 0 Å². The van der Waals surface area contributed by atoms with Gasteiger partial charge in [0.15, 0.2) is 0 Å². The molecule has 1 fully saturated rings. The van der Waals surface area contributed by atoms with Gasteiger partial charge < -0.3 is 5.11 Å². The number of rotatable bonds is 5. The Morgan fingerprint density at radius 1 is 1.32 bits per heavy atom. The lowest BCUT2D eigenvalue weighted by atomic mass is 9.75. The number of allylic oxidation sites excluding steroid dienone is 1. The summed E-state index contributed by atoms with van der Waals surface area (Å²) in [4.78, 5) is 13.8. The lowest BCUT2D eigenvalue weighted by Crippen LogP contribution is -2.43. The molecule has 0 radical (unpaired) electrons. The van der Waals surface area contributed by atoms with Gasteiger partial charge in [0.1, 0.15) is 0 Å². The molecule has 102 valence electrons. The van der Waals surface area contributed by atoms with Crippen molar-refractivity contribution < 1.29 is 9.90 Å². The summed E-state index contributed by atoms with van der Waals surface area (Å²) in [7, 11) is 0. The van der Waals surface area contributed by atoms with E-state index in [9.17, 15) is 9.90 Å². The van der Waals surface area contributed by atoms with E-state index in [4.69, 9.17) is 0 Å². The summed E-state index contributed by atoms with van der Waals surface area (Å²) in [6.45, 7) is 6.28. The minimum Gasteiger partial charge on any atom is -0.481 e. The quantitative estimate of drug-likeness (QED) is 0.827. The van der Waals surface area contributed by atoms with Crippen LogP contribution in [0.25, 0.3) is 0 Å².